The molecular formula is C26H25ClN4O3. The number of aliphatic imine (C=N–C) groups is 2. The number of para-hydroxylation sites is 1. The molecule has 5 rings (SSSR count). The minimum atomic E-state index is -0.202. The van der Waals surface area contributed by atoms with Crippen molar-refractivity contribution in [1.82, 2.24) is 9.80 Å². The fourth-order valence-electron chi connectivity index (χ4n) is 4.51. The lowest BCUT2D eigenvalue weighted by Crippen LogP contribution is -2.56. The van der Waals surface area contributed by atoms with Gasteiger partial charge in [-0.25, -0.2) is 4.99 Å². The van der Waals surface area contributed by atoms with E-state index < -0.39 is 0 Å². The van der Waals surface area contributed by atoms with Gasteiger partial charge in [-0.1, -0.05) is 41.9 Å². The highest BCUT2D eigenvalue weighted by Crippen LogP contribution is 2.24. The Morgan fingerprint density at radius 3 is 2.71 bits per heavy atom. The van der Waals surface area contributed by atoms with Crippen LogP contribution in [0.4, 0.5) is 0 Å². The highest BCUT2D eigenvalue weighted by Gasteiger charge is 2.33. The molecule has 7 nitrogen and oxygen atoms in total. The van der Waals surface area contributed by atoms with Crippen LogP contribution in [0.2, 0.25) is 5.02 Å². The summed E-state index contributed by atoms with van der Waals surface area (Å²) in [4.78, 5) is 38.6. The summed E-state index contributed by atoms with van der Waals surface area (Å²) < 4.78 is 5.74. The second kappa shape index (κ2) is 9.43. The third-order valence-electron chi connectivity index (χ3n) is 6.36. The molecule has 0 radical (unpaired) electrons. The summed E-state index contributed by atoms with van der Waals surface area (Å²) in [7, 11) is 0. The quantitative estimate of drug-likeness (QED) is 0.561. The number of hydrogen-bond acceptors (Lipinski definition) is 5. The van der Waals surface area contributed by atoms with E-state index in [0.717, 1.165) is 17.4 Å². The Labute approximate surface area is 202 Å². The summed E-state index contributed by atoms with van der Waals surface area (Å²) in [5, 5.41) is 1.57. The number of carbonyl (C=O) groups is 2. The minimum absolute atomic E-state index is 0.0588. The van der Waals surface area contributed by atoms with Gasteiger partial charge in [0.25, 0.3) is 11.8 Å². The number of rotatable bonds is 3. The predicted octanol–water partition coefficient (Wildman–Crippen LogP) is 4.42. The molecule has 2 aliphatic rings. The number of hydrogen-bond donors (Lipinski definition) is 0. The molecule has 34 heavy (non-hydrogen) atoms. The van der Waals surface area contributed by atoms with Crippen LogP contribution >= 0.6 is 11.6 Å². The Hall–Kier alpha value is -3.45. The molecule has 3 aromatic rings. The van der Waals surface area contributed by atoms with Crippen molar-refractivity contribution in [3.63, 3.8) is 0 Å². The van der Waals surface area contributed by atoms with Crippen LogP contribution in [0.3, 0.4) is 0 Å². The summed E-state index contributed by atoms with van der Waals surface area (Å²) in [6, 6.07) is 16.8. The standard InChI is InChI=1S/C26H25ClN4O3/c1-17-16-30(25(32)23-14-19-5-2-3-8-22(19)34-23)11-12-31(17)26(33)24-28-10-9-20(15-29-24)18-6-4-7-21(27)13-18/h2-8,13-15,17,20H,9-12,16H2,1H3. The van der Waals surface area contributed by atoms with Crippen LogP contribution in [0.5, 0.6) is 0 Å². The topological polar surface area (TPSA) is 78.5 Å². The molecule has 8 heteroatoms. The first-order chi connectivity index (χ1) is 16.5. The zero-order valence-electron chi connectivity index (χ0n) is 18.9. The van der Waals surface area contributed by atoms with E-state index >= 15 is 0 Å². The van der Waals surface area contributed by atoms with E-state index in [1.807, 2.05) is 55.5 Å². The summed E-state index contributed by atoms with van der Waals surface area (Å²) in [5.41, 5.74) is 1.75. The van der Waals surface area contributed by atoms with Crippen molar-refractivity contribution in [2.24, 2.45) is 9.98 Å². The van der Waals surface area contributed by atoms with Gasteiger partial charge >= 0.3 is 0 Å². The molecule has 0 spiro atoms. The average Bonchev–Trinajstić information content (AvgIpc) is 3.12. The average molecular weight is 477 g/mol. The first kappa shape index (κ1) is 22.3. The molecule has 2 unspecified atom stereocenters. The Morgan fingerprint density at radius 1 is 1.06 bits per heavy atom. The van der Waals surface area contributed by atoms with Crippen molar-refractivity contribution < 1.29 is 14.0 Å². The molecule has 2 aromatic carbocycles. The van der Waals surface area contributed by atoms with Crippen LogP contribution in [-0.4, -0.2) is 65.9 Å². The number of piperazine rings is 1. The van der Waals surface area contributed by atoms with E-state index in [2.05, 4.69) is 9.98 Å². The van der Waals surface area contributed by atoms with Crippen LogP contribution in [0.15, 0.2) is 69.0 Å². The van der Waals surface area contributed by atoms with E-state index in [-0.39, 0.29) is 29.6 Å². The third kappa shape index (κ3) is 4.48. The lowest BCUT2D eigenvalue weighted by atomic mass is 9.97. The van der Waals surface area contributed by atoms with E-state index in [4.69, 9.17) is 16.0 Å². The highest BCUT2D eigenvalue weighted by molar-refractivity contribution is 6.39. The van der Waals surface area contributed by atoms with Crippen LogP contribution in [0.1, 0.15) is 35.4 Å². The molecule has 2 aliphatic heterocycles. The van der Waals surface area contributed by atoms with Gasteiger partial charge in [0.1, 0.15) is 5.58 Å². The van der Waals surface area contributed by atoms with Crippen LogP contribution in [0.25, 0.3) is 11.0 Å². The number of furan rings is 1. The molecule has 1 aromatic heterocycles. The zero-order valence-corrected chi connectivity index (χ0v) is 19.6. The first-order valence-corrected chi connectivity index (χ1v) is 11.8. The van der Waals surface area contributed by atoms with Crippen molar-refractivity contribution in [3.8, 4) is 0 Å². The van der Waals surface area contributed by atoms with Gasteiger partial charge in [-0.2, -0.15) is 0 Å². The second-order valence-electron chi connectivity index (χ2n) is 8.68. The van der Waals surface area contributed by atoms with Crippen LogP contribution in [-0.2, 0) is 4.79 Å². The van der Waals surface area contributed by atoms with Crippen LogP contribution < -0.4 is 0 Å². The number of halogens is 1. The van der Waals surface area contributed by atoms with Gasteiger partial charge in [0.15, 0.2) is 5.76 Å². The Balaban J connectivity index is 1.24. The van der Waals surface area contributed by atoms with Crippen molar-refractivity contribution in [2.45, 2.75) is 25.3 Å². The Morgan fingerprint density at radius 2 is 1.91 bits per heavy atom. The van der Waals surface area contributed by atoms with E-state index in [1.54, 1.807) is 22.1 Å². The zero-order chi connectivity index (χ0) is 23.7. The lowest BCUT2D eigenvalue weighted by Gasteiger charge is -2.39. The van der Waals surface area contributed by atoms with Gasteiger partial charge < -0.3 is 14.2 Å². The van der Waals surface area contributed by atoms with Gasteiger partial charge in [-0.05, 0) is 43.2 Å². The van der Waals surface area contributed by atoms with Crippen LogP contribution in [0, 0.1) is 0 Å². The van der Waals surface area contributed by atoms with E-state index in [9.17, 15) is 9.59 Å². The molecular weight excluding hydrogens is 452 g/mol. The van der Waals surface area contributed by atoms with Gasteiger partial charge in [-0.15, -0.1) is 0 Å². The molecule has 2 atom stereocenters. The summed E-state index contributed by atoms with van der Waals surface area (Å²) in [6.45, 7) is 3.71. The fraction of sp³-hybridized carbons (Fsp3) is 0.308. The molecule has 1 fully saturated rings. The number of amidine groups is 1. The molecule has 0 aliphatic carbocycles. The predicted molar refractivity (Wildman–Crippen MR) is 133 cm³/mol. The smallest absolute Gasteiger partial charge is 0.291 e. The third-order valence-corrected chi connectivity index (χ3v) is 6.59. The maximum absolute atomic E-state index is 13.2. The molecule has 1 saturated heterocycles. The summed E-state index contributed by atoms with van der Waals surface area (Å²) in [6.07, 6.45) is 2.55. The maximum Gasteiger partial charge on any atom is 0.291 e. The molecule has 0 saturated carbocycles. The van der Waals surface area contributed by atoms with Crippen molar-refractivity contribution in [1.29, 1.82) is 0 Å². The number of fused-ring (bicyclic) bond motifs is 1. The van der Waals surface area contributed by atoms with Crippen molar-refractivity contribution in [2.75, 3.05) is 26.2 Å². The monoisotopic (exact) mass is 476 g/mol. The van der Waals surface area contributed by atoms with Gasteiger partial charge in [0.05, 0.1) is 0 Å². The largest absolute Gasteiger partial charge is 0.451 e. The maximum atomic E-state index is 13.2. The first-order valence-electron chi connectivity index (χ1n) is 11.4. The molecule has 0 bridgehead atoms. The Kier molecular flexibility index (Phi) is 6.20. The Bertz CT molecular complexity index is 1260. The minimum Gasteiger partial charge on any atom is -0.451 e. The van der Waals surface area contributed by atoms with Gasteiger partial charge in [0.2, 0.25) is 5.84 Å². The summed E-state index contributed by atoms with van der Waals surface area (Å²) >= 11 is 6.13. The molecule has 3 heterocycles. The number of carbonyl (C=O) groups excluding carboxylic acids is 2. The highest BCUT2D eigenvalue weighted by atomic mass is 35.5. The number of benzene rings is 2. The van der Waals surface area contributed by atoms with Crippen molar-refractivity contribution in [3.05, 3.63) is 70.9 Å². The fourth-order valence-corrected chi connectivity index (χ4v) is 4.71. The van der Waals surface area contributed by atoms with Crippen molar-refractivity contribution >= 4 is 46.4 Å². The lowest BCUT2D eigenvalue weighted by molar-refractivity contribution is -0.128. The molecule has 0 N–H and O–H groups in total. The molecule has 2 amide bonds. The normalized spacial score (nSPS) is 20.8. The molecule has 174 valence electrons. The van der Waals surface area contributed by atoms with Gasteiger partial charge in [-0.3, -0.25) is 14.6 Å². The second-order valence-corrected chi connectivity index (χ2v) is 9.12. The SMILES string of the molecule is CC1CN(C(=O)c2cc3ccccc3o2)CCN1C(=O)C1=NCCC(c2cccc(Cl)c2)C=N1. The summed E-state index contributed by atoms with van der Waals surface area (Å²) in [5.74, 6) is 0.227. The van der Waals surface area contributed by atoms with Gasteiger partial charge in [0, 0.05) is 54.8 Å². The van der Waals surface area contributed by atoms with E-state index in [0.29, 0.717) is 42.5 Å². The van der Waals surface area contributed by atoms with E-state index in [1.165, 1.54) is 0 Å². The number of nitrogens with zero attached hydrogens (tertiary/aromatic N) is 4. The number of amides is 2.